The normalized spacial score (nSPS) is 17.9. The Morgan fingerprint density at radius 2 is 1.88 bits per heavy atom. The second-order valence-electron chi connectivity index (χ2n) is 8.82. The molecule has 2 aliphatic rings. The molecule has 1 saturated carbocycles. The first-order valence-electron chi connectivity index (χ1n) is 11.1. The Hall–Kier alpha value is -3.87. The fraction of sp³-hybridized carbons (Fsp3) is 0.222. The third-order valence-electron chi connectivity index (χ3n) is 6.44. The van der Waals surface area contributed by atoms with Crippen molar-refractivity contribution in [3.8, 4) is 0 Å². The van der Waals surface area contributed by atoms with Gasteiger partial charge in [-0.25, -0.2) is 8.78 Å². The summed E-state index contributed by atoms with van der Waals surface area (Å²) in [6, 6.07) is 11.8. The maximum atomic E-state index is 14.9. The van der Waals surface area contributed by atoms with Gasteiger partial charge in [-0.15, -0.1) is 0 Å². The number of halogens is 2. The Kier molecular flexibility index (Phi) is 5.48. The van der Waals surface area contributed by atoms with E-state index >= 15 is 0 Å². The minimum Gasteiger partial charge on any atom is -0.344 e. The van der Waals surface area contributed by atoms with Gasteiger partial charge in [-0.3, -0.25) is 14.6 Å². The van der Waals surface area contributed by atoms with Gasteiger partial charge in [0.25, 0.3) is 5.91 Å². The van der Waals surface area contributed by atoms with E-state index in [-0.39, 0.29) is 12.3 Å². The molecule has 1 amide bonds. The summed E-state index contributed by atoms with van der Waals surface area (Å²) < 4.78 is 28.8. The van der Waals surface area contributed by atoms with Crippen LogP contribution in [0.2, 0.25) is 0 Å². The van der Waals surface area contributed by atoms with Crippen LogP contribution in [0.3, 0.4) is 0 Å². The van der Waals surface area contributed by atoms with Gasteiger partial charge < -0.3 is 10.2 Å². The molecule has 1 aromatic heterocycles. The molecule has 1 aliphatic heterocycles. The van der Waals surface area contributed by atoms with E-state index in [0.717, 1.165) is 11.3 Å². The van der Waals surface area contributed by atoms with E-state index in [1.165, 1.54) is 18.2 Å². The van der Waals surface area contributed by atoms with Crippen LogP contribution in [0.4, 0.5) is 14.5 Å². The van der Waals surface area contributed by atoms with Crippen molar-refractivity contribution in [1.82, 2.24) is 10.3 Å². The molecule has 1 N–H and O–H groups in total. The van der Waals surface area contributed by atoms with Gasteiger partial charge in [0.1, 0.15) is 17.4 Å². The molecule has 34 heavy (non-hydrogen) atoms. The van der Waals surface area contributed by atoms with Gasteiger partial charge in [-0.05, 0) is 54.8 Å². The first-order valence-corrected chi connectivity index (χ1v) is 11.1. The number of rotatable bonds is 5. The number of hydrogen-bond acceptors (Lipinski definition) is 4. The second kappa shape index (κ2) is 8.48. The number of nitrogens with zero attached hydrogens (tertiary/aromatic N) is 2. The van der Waals surface area contributed by atoms with Gasteiger partial charge in [0, 0.05) is 29.8 Å². The third-order valence-corrected chi connectivity index (χ3v) is 6.44. The molecule has 7 heteroatoms. The number of anilines is 1. The molecular weight excluding hydrogens is 436 g/mol. The summed E-state index contributed by atoms with van der Waals surface area (Å²) in [5.41, 5.74) is 4.08. The van der Waals surface area contributed by atoms with Crippen LogP contribution in [0.25, 0.3) is 5.57 Å². The van der Waals surface area contributed by atoms with Gasteiger partial charge in [0.05, 0.1) is 30.0 Å². The lowest BCUT2D eigenvalue weighted by Gasteiger charge is -2.34. The van der Waals surface area contributed by atoms with Crippen molar-refractivity contribution < 1.29 is 18.4 Å². The molecule has 0 spiro atoms. The molecule has 1 unspecified atom stereocenters. The summed E-state index contributed by atoms with van der Waals surface area (Å²) in [4.78, 5) is 31.8. The van der Waals surface area contributed by atoms with Gasteiger partial charge in [0.2, 0.25) is 0 Å². The molecule has 5 rings (SSSR count). The van der Waals surface area contributed by atoms with Crippen LogP contribution in [0.15, 0.2) is 66.6 Å². The summed E-state index contributed by atoms with van der Waals surface area (Å²) in [6.45, 7) is 3.98. The van der Waals surface area contributed by atoms with Crippen LogP contribution in [-0.4, -0.2) is 16.7 Å². The lowest BCUT2D eigenvalue weighted by molar-refractivity contribution is -0.116. The number of hydrogen-bond donors (Lipinski definition) is 1. The zero-order chi connectivity index (χ0) is 24.0. The SMILES string of the molecule is CC1=C(C(=O)N[C@H](c2cccc(F)c2)C2CC2=O)c2cccc(F)c2CN1c1cncc(C)c1. The van der Waals surface area contributed by atoms with E-state index in [2.05, 4.69) is 10.3 Å². The molecule has 2 atom stereocenters. The highest BCUT2D eigenvalue weighted by atomic mass is 19.1. The van der Waals surface area contributed by atoms with E-state index in [0.29, 0.717) is 34.4 Å². The first kappa shape index (κ1) is 21.9. The fourth-order valence-corrected chi connectivity index (χ4v) is 4.61. The molecule has 0 saturated heterocycles. The summed E-state index contributed by atoms with van der Waals surface area (Å²) >= 11 is 0. The monoisotopic (exact) mass is 459 g/mol. The minimum atomic E-state index is -0.663. The zero-order valence-corrected chi connectivity index (χ0v) is 18.8. The molecule has 2 heterocycles. The Balaban J connectivity index is 1.58. The molecule has 0 radical (unpaired) electrons. The van der Waals surface area contributed by atoms with Crippen molar-refractivity contribution in [3.05, 3.63) is 101 Å². The maximum absolute atomic E-state index is 14.9. The Morgan fingerprint density at radius 1 is 1.12 bits per heavy atom. The van der Waals surface area contributed by atoms with Gasteiger partial charge in [-0.2, -0.15) is 0 Å². The number of Topliss-reactive ketones (excluding diaryl/α,β-unsaturated/α-hetero) is 1. The summed E-state index contributed by atoms with van der Waals surface area (Å²) in [5, 5.41) is 2.95. The number of amides is 1. The number of carbonyl (C=O) groups is 2. The molecule has 1 aliphatic carbocycles. The second-order valence-corrected chi connectivity index (χ2v) is 8.82. The first-order chi connectivity index (χ1) is 16.3. The van der Waals surface area contributed by atoms with Crippen molar-refractivity contribution in [3.63, 3.8) is 0 Å². The predicted molar refractivity (Wildman–Crippen MR) is 125 cm³/mol. The number of carbonyl (C=O) groups excluding carboxylic acids is 2. The van der Waals surface area contributed by atoms with E-state index in [1.807, 2.05) is 24.8 Å². The molecular formula is C27H23F2N3O2. The standard InChI is InChI=1S/C27H23F2N3O2/c1-15-9-19(13-30-12-15)32-14-22-20(7-4-8-23(22)29)25(16(32)2)27(34)31-26(21-11-24(21)33)17-5-3-6-18(28)10-17/h3-10,12-13,21,26H,11,14H2,1-2H3,(H,31,34)/t21?,26-/m1/s1. The largest absolute Gasteiger partial charge is 0.344 e. The number of aryl methyl sites for hydroxylation is 1. The minimum absolute atomic E-state index is 0.0165. The average molecular weight is 459 g/mol. The van der Waals surface area contributed by atoms with Gasteiger partial charge in [-0.1, -0.05) is 24.3 Å². The number of nitrogens with one attached hydrogen (secondary N) is 1. The predicted octanol–water partition coefficient (Wildman–Crippen LogP) is 4.87. The number of ketones is 1. The highest BCUT2D eigenvalue weighted by molar-refractivity contribution is 6.22. The van der Waals surface area contributed by atoms with Gasteiger partial charge in [0.15, 0.2) is 0 Å². The van der Waals surface area contributed by atoms with E-state index in [1.54, 1.807) is 36.7 Å². The average Bonchev–Trinajstić information content (AvgIpc) is 3.53. The molecule has 5 nitrogen and oxygen atoms in total. The molecule has 0 bridgehead atoms. The van der Waals surface area contributed by atoms with Crippen molar-refractivity contribution in [2.45, 2.75) is 32.9 Å². The number of aromatic nitrogens is 1. The third kappa shape index (κ3) is 3.98. The smallest absolute Gasteiger partial charge is 0.254 e. The van der Waals surface area contributed by atoms with Gasteiger partial charge >= 0.3 is 0 Å². The van der Waals surface area contributed by atoms with Crippen LogP contribution >= 0.6 is 0 Å². The van der Waals surface area contributed by atoms with Crippen LogP contribution in [0.5, 0.6) is 0 Å². The number of fused-ring (bicyclic) bond motifs is 1. The maximum Gasteiger partial charge on any atom is 0.254 e. The molecule has 3 aromatic rings. The van der Waals surface area contributed by atoms with E-state index in [4.69, 9.17) is 0 Å². The quantitative estimate of drug-likeness (QED) is 0.592. The van der Waals surface area contributed by atoms with Crippen molar-refractivity contribution in [2.75, 3.05) is 4.90 Å². The van der Waals surface area contributed by atoms with Crippen LogP contribution in [-0.2, 0) is 16.1 Å². The highest BCUT2D eigenvalue weighted by Crippen LogP contribution is 2.40. The Morgan fingerprint density at radius 3 is 2.59 bits per heavy atom. The summed E-state index contributed by atoms with van der Waals surface area (Å²) in [6.07, 6.45) is 3.73. The molecule has 172 valence electrons. The number of benzene rings is 2. The summed E-state index contributed by atoms with van der Waals surface area (Å²) in [7, 11) is 0. The Labute approximate surface area is 196 Å². The number of allylic oxidation sites excluding steroid dienone is 1. The topological polar surface area (TPSA) is 62.3 Å². The Bertz CT molecular complexity index is 1350. The lowest BCUT2D eigenvalue weighted by Crippen LogP contribution is -2.36. The lowest BCUT2D eigenvalue weighted by atomic mass is 9.91. The van der Waals surface area contributed by atoms with Crippen LogP contribution < -0.4 is 10.2 Å². The highest BCUT2D eigenvalue weighted by Gasteiger charge is 2.44. The van der Waals surface area contributed by atoms with Crippen molar-refractivity contribution in [2.24, 2.45) is 5.92 Å². The van der Waals surface area contributed by atoms with Crippen LogP contribution in [0.1, 0.15) is 41.6 Å². The molecule has 2 aromatic carbocycles. The van der Waals surface area contributed by atoms with Crippen molar-refractivity contribution >= 4 is 23.0 Å². The van der Waals surface area contributed by atoms with E-state index < -0.39 is 29.5 Å². The zero-order valence-electron chi connectivity index (χ0n) is 18.8. The molecule has 1 fully saturated rings. The summed E-state index contributed by atoms with van der Waals surface area (Å²) in [5.74, 6) is -1.67. The fourth-order valence-electron chi connectivity index (χ4n) is 4.61. The van der Waals surface area contributed by atoms with Crippen LogP contribution in [0, 0.1) is 24.5 Å². The van der Waals surface area contributed by atoms with Crippen molar-refractivity contribution in [1.29, 1.82) is 0 Å². The van der Waals surface area contributed by atoms with E-state index in [9.17, 15) is 18.4 Å². The number of pyridine rings is 1.